The summed E-state index contributed by atoms with van der Waals surface area (Å²) in [6.45, 7) is 9.29. The number of piperidine rings is 1. The van der Waals surface area contributed by atoms with Crippen LogP contribution in [0.25, 0.3) is 0 Å². The summed E-state index contributed by atoms with van der Waals surface area (Å²) in [6, 6.07) is 4.37. The lowest BCUT2D eigenvalue weighted by Gasteiger charge is -2.33. The third-order valence-corrected chi connectivity index (χ3v) is 5.44. The molecule has 2 heterocycles. The zero-order chi connectivity index (χ0) is 17.4. The number of hydrogen-bond acceptors (Lipinski definition) is 4. The molecule has 2 rings (SSSR count). The number of ether oxygens (including phenoxy) is 1. The van der Waals surface area contributed by atoms with Crippen LogP contribution in [0, 0.1) is 5.92 Å². The van der Waals surface area contributed by atoms with Crippen LogP contribution < -0.4 is 10.6 Å². The van der Waals surface area contributed by atoms with Crippen LogP contribution in [0.15, 0.2) is 22.5 Å². The Morgan fingerprint density at radius 2 is 2.29 bits per heavy atom. The maximum absolute atomic E-state index is 5.44. The number of hydrogen-bond donors (Lipinski definition) is 2. The van der Waals surface area contributed by atoms with Gasteiger partial charge in [-0.05, 0) is 50.6 Å². The molecule has 0 aliphatic carbocycles. The number of nitrogens with one attached hydrogen (secondary N) is 2. The Hall–Kier alpha value is -1.11. The molecule has 2 N–H and O–H groups in total. The fourth-order valence-electron chi connectivity index (χ4n) is 2.91. The summed E-state index contributed by atoms with van der Waals surface area (Å²) in [5.74, 6) is 1.53. The average molecular weight is 353 g/mol. The fraction of sp³-hybridized carbons (Fsp3) is 0.722. The first kappa shape index (κ1) is 19.2. The van der Waals surface area contributed by atoms with Crippen molar-refractivity contribution in [3.8, 4) is 0 Å². The SMILES string of the molecule is CN=C(NCC1CCCN(Cc2cccs2)C1)NCC(C)(C)OC. The van der Waals surface area contributed by atoms with E-state index in [-0.39, 0.29) is 5.60 Å². The van der Waals surface area contributed by atoms with Crippen LogP contribution >= 0.6 is 11.3 Å². The molecule has 0 aromatic carbocycles. The van der Waals surface area contributed by atoms with Crippen LogP contribution in [0.1, 0.15) is 31.6 Å². The van der Waals surface area contributed by atoms with Gasteiger partial charge >= 0.3 is 0 Å². The fourth-order valence-corrected chi connectivity index (χ4v) is 3.66. The summed E-state index contributed by atoms with van der Waals surface area (Å²) in [5.41, 5.74) is -0.194. The summed E-state index contributed by atoms with van der Waals surface area (Å²) in [5, 5.41) is 8.99. The van der Waals surface area contributed by atoms with Gasteiger partial charge in [0.2, 0.25) is 0 Å². The van der Waals surface area contributed by atoms with Crippen molar-refractivity contribution in [2.45, 2.75) is 38.8 Å². The van der Waals surface area contributed by atoms with E-state index >= 15 is 0 Å². The normalized spacial score (nSPS) is 20.2. The average Bonchev–Trinajstić information content (AvgIpc) is 3.08. The molecule has 1 aromatic rings. The molecule has 0 radical (unpaired) electrons. The first-order valence-electron chi connectivity index (χ1n) is 8.77. The van der Waals surface area contributed by atoms with Crippen molar-refractivity contribution in [3.63, 3.8) is 0 Å². The van der Waals surface area contributed by atoms with E-state index in [0.717, 1.165) is 32.1 Å². The minimum absolute atomic E-state index is 0.194. The number of methoxy groups -OCH3 is 1. The van der Waals surface area contributed by atoms with Crippen LogP contribution in [0.2, 0.25) is 0 Å². The van der Waals surface area contributed by atoms with Gasteiger partial charge in [0.15, 0.2) is 5.96 Å². The first-order valence-corrected chi connectivity index (χ1v) is 9.65. The highest BCUT2D eigenvalue weighted by Crippen LogP contribution is 2.19. The highest BCUT2D eigenvalue weighted by atomic mass is 32.1. The van der Waals surface area contributed by atoms with Gasteiger partial charge in [-0.2, -0.15) is 0 Å². The largest absolute Gasteiger partial charge is 0.377 e. The van der Waals surface area contributed by atoms with Crippen LogP contribution in [-0.4, -0.2) is 56.8 Å². The lowest BCUT2D eigenvalue weighted by molar-refractivity contribution is 0.0268. The van der Waals surface area contributed by atoms with Gasteiger partial charge in [0, 0.05) is 45.2 Å². The van der Waals surface area contributed by atoms with Crippen LogP contribution in [0.5, 0.6) is 0 Å². The van der Waals surface area contributed by atoms with E-state index in [0.29, 0.717) is 5.92 Å². The molecule has 136 valence electrons. The van der Waals surface area contributed by atoms with Crippen molar-refractivity contribution in [3.05, 3.63) is 22.4 Å². The minimum atomic E-state index is -0.194. The Labute approximate surface area is 150 Å². The van der Waals surface area contributed by atoms with E-state index in [4.69, 9.17) is 4.74 Å². The molecule has 1 atom stereocenters. The summed E-state index contributed by atoms with van der Waals surface area (Å²) in [7, 11) is 3.56. The molecule has 0 amide bonds. The molecule has 1 saturated heterocycles. The van der Waals surface area contributed by atoms with E-state index in [1.807, 2.05) is 18.4 Å². The Morgan fingerprint density at radius 3 is 2.96 bits per heavy atom. The van der Waals surface area contributed by atoms with E-state index in [1.165, 1.54) is 24.3 Å². The summed E-state index contributed by atoms with van der Waals surface area (Å²) in [4.78, 5) is 8.35. The number of rotatable bonds is 7. The summed E-state index contributed by atoms with van der Waals surface area (Å²) < 4.78 is 5.44. The molecule has 1 aliphatic heterocycles. The van der Waals surface area contributed by atoms with E-state index in [1.54, 1.807) is 7.11 Å². The molecule has 0 bridgehead atoms. The standard InChI is InChI=1S/C18H32N4OS/c1-18(2,23-4)14-21-17(19-3)20-11-15-7-5-9-22(12-15)13-16-8-6-10-24-16/h6,8,10,15H,5,7,9,11-14H2,1-4H3,(H2,19,20,21). The van der Waals surface area contributed by atoms with E-state index in [2.05, 4.69) is 51.9 Å². The third kappa shape index (κ3) is 6.42. The lowest BCUT2D eigenvalue weighted by atomic mass is 9.98. The van der Waals surface area contributed by atoms with E-state index < -0.39 is 0 Å². The molecule has 1 fully saturated rings. The van der Waals surface area contributed by atoms with Crippen LogP contribution in [0.4, 0.5) is 0 Å². The molecule has 0 spiro atoms. The minimum Gasteiger partial charge on any atom is -0.377 e. The molecule has 1 aliphatic rings. The van der Waals surface area contributed by atoms with E-state index in [9.17, 15) is 0 Å². The van der Waals surface area contributed by atoms with Crippen molar-refractivity contribution < 1.29 is 4.74 Å². The van der Waals surface area contributed by atoms with Gasteiger partial charge in [0.05, 0.1) is 5.60 Å². The van der Waals surface area contributed by atoms with Crippen molar-refractivity contribution in [1.29, 1.82) is 0 Å². The Morgan fingerprint density at radius 1 is 1.46 bits per heavy atom. The smallest absolute Gasteiger partial charge is 0.191 e. The summed E-state index contributed by atoms with van der Waals surface area (Å²) in [6.07, 6.45) is 2.56. The molecule has 0 saturated carbocycles. The number of nitrogens with zero attached hydrogens (tertiary/aromatic N) is 2. The predicted molar refractivity (Wildman–Crippen MR) is 103 cm³/mol. The van der Waals surface area contributed by atoms with Crippen molar-refractivity contribution in [1.82, 2.24) is 15.5 Å². The zero-order valence-electron chi connectivity index (χ0n) is 15.5. The second kappa shape index (κ2) is 9.39. The van der Waals surface area contributed by atoms with Gasteiger partial charge in [-0.25, -0.2) is 0 Å². The molecule has 24 heavy (non-hydrogen) atoms. The maximum Gasteiger partial charge on any atom is 0.191 e. The number of likely N-dealkylation sites (tertiary alicyclic amines) is 1. The lowest BCUT2D eigenvalue weighted by Crippen LogP contribution is -2.47. The van der Waals surface area contributed by atoms with Gasteiger partial charge in [-0.3, -0.25) is 9.89 Å². The van der Waals surface area contributed by atoms with Gasteiger partial charge < -0.3 is 15.4 Å². The van der Waals surface area contributed by atoms with Gasteiger partial charge in [-0.1, -0.05) is 6.07 Å². The molecule has 5 nitrogen and oxygen atoms in total. The van der Waals surface area contributed by atoms with Crippen molar-refractivity contribution in [2.75, 3.05) is 40.3 Å². The Kier molecular flexibility index (Phi) is 7.52. The second-order valence-electron chi connectivity index (χ2n) is 7.09. The summed E-state index contributed by atoms with van der Waals surface area (Å²) >= 11 is 1.85. The molecule has 1 unspecified atom stereocenters. The molecule has 1 aromatic heterocycles. The third-order valence-electron chi connectivity index (χ3n) is 4.58. The van der Waals surface area contributed by atoms with Crippen molar-refractivity contribution in [2.24, 2.45) is 10.9 Å². The highest BCUT2D eigenvalue weighted by Gasteiger charge is 2.21. The van der Waals surface area contributed by atoms with Gasteiger partial charge in [0.1, 0.15) is 0 Å². The van der Waals surface area contributed by atoms with Gasteiger partial charge in [-0.15, -0.1) is 11.3 Å². The number of guanidine groups is 1. The topological polar surface area (TPSA) is 48.9 Å². The Balaban J connectivity index is 1.73. The number of thiophene rings is 1. The monoisotopic (exact) mass is 352 g/mol. The molecular formula is C18H32N4OS. The quantitative estimate of drug-likeness (QED) is 0.585. The molecular weight excluding hydrogens is 320 g/mol. The first-order chi connectivity index (χ1) is 11.5. The van der Waals surface area contributed by atoms with Crippen LogP contribution in [0.3, 0.4) is 0 Å². The predicted octanol–water partition coefficient (Wildman–Crippen LogP) is 2.55. The van der Waals surface area contributed by atoms with Crippen molar-refractivity contribution >= 4 is 17.3 Å². The number of aliphatic imine (C=N–C) groups is 1. The highest BCUT2D eigenvalue weighted by molar-refractivity contribution is 7.09. The zero-order valence-corrected chi connectivity index (χ0v) is 16.3. The second-order valence-corrected chi connectivity index (χ2v) is 8.13. The van der Waals surface area contributed by atoms with Gasteiger partial charge in [0.25, 0.3) is 0 Å². The Bertz CT molecular complexity index is 501. The van der Waals surface area contributed by atoms with Crippen LogP contribution in [-0.2, 0) is 11.3 Å². The molecule has 6 heteroatoms. The maximum atomic E-state index is 5.44.